The fourth-order valence-electron chi connectivity index (χ4n) is 8.95. The average Bonchev–Trinajstić information content (AvgIpc) is 3.95. The minimum Gasteiger partial charge on any atom is -0.497 e. The van der Waals surface area contributed by atoms with Crippen molar-refractivity contribution in [2.75, 3.05) is 40.5 Å². The summed E-state index contributed by atoms with van der Waals surface area (Å²) in [5.41, 5.74) is 0.464. The molecule has 2 saturated heterocycles. The van der Waals surface area contributed by atoms with Crippen molar-refractivity contribution in [3.63, 3.8) is 0 Å². The average molecular weight is 823 g/mol. The van der Waals surface area contributed by atoms with Crippen LogP contribution in [0, 0.1) is 11.8 Å². The highest BCUT2D eigenvalue weighted by Gasteiger charge is 2.61. The molecule has 1 aromatic carbocycles. The summed E-state index contributed by atoms with van der Waals surface area (Å²) in [5, 5.41) is 6.33. The molecule has 7 rings (SSSR count). The van der Waals surface area contributed by atoms with Gasteiger partial charge in [-0.15, -0.1) is 6.58 Å². The van der Waals surface area contributed by atoms with Gasteiger partial charge in [0.1, 0.15) is 23.4 Å². The molecule has 3 aliphatic carbocycles. The van der Waals surface area contributed by atoms with Gasteiger partial charge in [-0.05, 0) is 94.7 Å². The maximum absolute atomic E-state index is 14.3. The number of unbranched alkanes of at least 4 members (excludes halogenated alkanes) is 2. The number of aromatic nitrogens is 1. The van der Waals surface area contributed by atoms with Crippen molar-refractivity contribution in [3.05, 3.63) is 42.5 Å². The van der Waals surface area contributed by atoms with Crippen LogP contribution >= 0.6 is 0 Å². The molecule has 2 aromatic rings. The third kappa shape index (κ3) is 9.22. The minimum atomic E-state index is -3.82. The summed E-state index contributed by atoms with van der Waals surface area (Å²) in [5.74, 6) is -0.673. The van der Waals surface area contributed by atoms with E-state index in [0.29, 0.717) is 64.2 Å². The molecule has 0 bridgehead atoms. The zero-order valence-corrected chi connectivity index (χ0v) is 34.5. The number of hydrogen-bond donors (Lipinski definition) is 3. The van der Waals surface area contributed by atoms with Crippen LogP contribution in [0.25, 0.3) is 10.9 Å². The van der Waals surface area contributed by atoms with E-state index in [1.54, 1.807) is 25.2 Å². The lowest BCUT2D eigenvalue weighted by molar-refractivity contribution is -0.141. The molecule has 1 aromatic heterocycles. The number of aryl methyl sites for hydroxylation is 1. The molecule has 0 spiro atoms. The number of benzene rings is 1. The SMILES string of the molecule is C=C[C@@H]1C[C@]1(NC(=O)[C@@H]1CCCN1C(=O)[C@@H](NC(=O)N1CC[C@H](OCCCCCc2cc3ccc(OC)cc3nc2OC)C1)C1CCCC1)C(=O)NS(=O)(=O)C1CC1. The quantitative estimate of drug-likeness (QED) is 0.147. The lowest BCUT2D eigenvalue weighted by Crippen LogP contribution is -2.59. The largest absolute Gasteiger partial charge is 0.497 e. The van der Waals surface area contributed by atoms with Crippen LogP contribution < -0.4 is 24.8 Å². The fraction of sp³-hybridized carbons (Fsp3) is 0.643. The molecule has 2 aliphatic heterocycles. The molecule has 5 atom stereocenters. The summed E-state index contributed by atoms with van der Waals surface area (Å²) in [6.45, 7) is 5.65. The normalized spacial score (nSPS) is 25.0. The first-order valence-electron chi connectivity index (χ1n) is 21.0. The lowest BCUT2D eigenvalue weighted by atomic mass is 9.96. The Kier molecular flexibility index (Phi) is 12.8. The van der Waals surface area contributed by atoms with Gasteiger partial charge in [-0.25, -0.2) is 18.2 Å². The van der Waals surface area contributed by atoms with Crippen LogP contribution in [0.2, 0.25) is 0 Å². The monoisotopic (exact) mass is 822 g/mol. The zero-order valence-electron chi connectivity index (χ0n) is 33.7. The Bertz CT molecular complexity index is 1990. The molecule has 0 radical (unpaired) electrons. The molecule has 3 heterocycles. The van der Waals surface area contributed by atoms with Crippen LogP contribution in [-0.4, -0.2) is 116 Å². The molecule has 5 aliphatic rings. The second-order valence-corrected chi connectivity index (χ2v) is 18.6. The molecule has 316 valence electrons. The highest BCUT2D eigenvalue weighted by atomic mass is 32.2. The summed E-state index contributed by atoms with van der Waals surface area (Å²) in [6.07, 6.45) is 11.5. The summed E-state index contributed by atoms with van der Waals surface area (Å²) < 4.78 is 44.4. The van der Waals surface area contributed by atoms with E-state index < -0.39 is 50.6 Å². The van der Waals surface area contributed by atoms with Crippen LogP contribution in [0.5, 0.6) is 11.6 Å². The van der Waals surface area contributed by atoms with E-state index >= 15 is 0 Å². The lowest BCUT2D eigenvalue weighted by Gasteiger charge is -2.33. The van der Waals surface area contributed by atoms with Gasteiger partial charge in [0.05, 0.1) is 31.1 Å². The number of sulfonamides is 1. The van der Waals surface area contributed by atoms with E-state index in [2.05, 4.69) is 33.0 Å². The van der Waals surface area contributed by atoms with Crippen molar-refractivity contribution >= 4 is 44.7 Å². The van der Waals surface area contributed by atoms with Crippen LogP contribution in [0.3, 0.4) is 0 Å². The van der Waals surface area contributed by atoms with Crippen molar-refractivity contribution in [1.82, 2.24) is 30.1 Å². The highest BCUT2D eigenvalue weighted by Crippen LogP contribution is 2.45. The van der Waals surface area contributed by atoms with Crippen molar-refractivity contribution in [1.29, 1.82) is 0 Å². The Morgan fingerprint density at radius 2 is 1.78 bits per heavy atom. The first-order chi connectivity index (χ1) is 28.0. The maximum atomic E-state index is 14.3. The fourth-order valence-corrected chi connectivity index (χ4v) is 10.3. The summed E-state index contributed by atoms with van der Waals surface area (Å²) >= 11 is 0. The topological polar surface area (TPSA) is 186 Å². The number of ether oxygens (including phenoxy) is 3. The highest BCUT2D eigenvalue weighted by molar-refractivity contribution is 7.91. The van der Waals surface area contributed by atoms with E-state index in [0.717, 1.165) is 73.6 Å². The van der Waals surface area contributed by atoms with Gasteiger partial charge < -0.3 is 34.6 Å². The van der Waals surface area contributed by atoms with E-state index in [1.165, 1.54) is 4.90 Å². The van der Waals surface area contributed by atoms with Gasteiger partial charge in [0.2, 0.25) is 27.7 Å². The number of hydrogen-bond acceptors (Lipinski definition) is 10. The zero-order chi connectivity index (χ0) is 41.0. The van der Waals surface area contributed by atoms with Crippen LogP contribution in [-0.2, 0) is 35.6 Å². The van der Waals surface area contributed by atoms with Crippen molar-refractivity contribution in [2.45, 2.75) is 119 Å². The Morgan fingerprint density at radius 3 is 2.48 bits per heavy atom. The van der Waals surface area contributed by atoms with E-state index in [1.807, 2.05) is 18.2 Å². The van der Waals surface area contributed by atoms with Crippen LogP contribution in [0.1, 0.15) is 89.0 Å². The molecule has 3 saturated carbocycles. The molecule has 5 amide bonds. The molecular formula is C42H58N6O9S. The first-order valence-corrected chi connectivity index (χ1v) is 22.5. The van der Waals surface area contributed by atoms with Gasteiger partial charge in [-0.1, -0.05) is 25.3 Å². The third-order valence-electron chi connectivity index (χ3n) is 12.6. The number of urea groups is 1. The van der Waals surface area contributed by atoms with E-state index in [4.69, 9.17) is 14.2 Å². The Morgan fingerprint density at radius 1 is 0.983 bits per heavy atom. The van der Waals surface area contributed by atoms with Crippen molar-refractivity contribution in [3.8, 4) is 11.6 Å². The number of fused-ring (bicyclic) bond motifs is 1. The second kappa shape index (κ2) is 17.8. The minimum absolute atomic E-state index is 0.0531. The predicted molar refractivity (Wildman–Crippen MR) is 217 cm³/mol. The number of nitrogens with one attached hydrogen (secondary N) is 3. The van der Waals surface area contributed by atoms with Crippen molar-refractivity contribution < 1.29 is 41.8 Å². The number of methoxy groups -OCH3 is 2. The number of likely N-dealkylation sites (tertiary alicyclic amines) is 2. The smallest absolute Gasteiger partial charge is 0.318 e. The Labute approximate surface area is 341 Å². The van der Waals surface area contributed by atoms with Gasteiger partial charge in [-0.2, -0.15) is 0 Å². The standard InChI is InChI=1S/C42H58N6O9S/c1-4-30-25-42(30,40(51)46-58(53,54)33-17-18-33)45-37(49)35-14-10-20-48(35)39(50)36(27-11-7-8-12-27)44-41(52)47-21-19-32(26-47)57-22-9-5-6-13-29-23-28-15-16-31(55-2)24-34(28)43-38(29)56-3/h4,15-16,23-24,27,30,32-33,35-36H,1,5-14,17-22,25-26H2,2-3H3,(H,44,52)(H,45,49)(H,46,51)/t30-,32+,35+,36+,42-/m1/s1. The van der Waals surface area contributed by atoms with Crippen molar-refractivity contribution in [2.24, 2.45) is 11.8 Å². The van der Waals surface area contributed by atoms with Gasteiger partial charge in [-0.3, -0.25) is 19.1 Å². The summed E-state index contributed by atoms with van der Waals surface area (Å²) in [6, 6.07) is 6.01. The third-order valence-corrected chi connectivity index (χ3v) is 14.5. The van der Waals surface area contributed by atoms with E-state index in [9.17, 15) is 27.6 Å². The van der Waals surface area contributed by atoms with Gasteiger partial charge in [0.25, 0.3) is 5.91 Å². The summed E-state index contributed by atoms with van der Waals surface area (Å²) in [7, 11) is -0.550. The van der Waals surface area contributed by atoms with Gasteiger partial charge in [0, 0.05) is 49.2 Å². The maximum Gasteiger partial charge on any atom is 0.318 e. The van der Waals surface area contributed by atoms with Crippen LogP contribution in [0.15, 0.2) is 36.9 Å². The van der Waals surface area contributed by atoms with E-state index in [-0.39, 0.29) is 30.4 Å². The molecule has 5 fully saturated rings. The Balaban J connectivity index is 0.886. The molecule has 0 unspecified atom stereocenters. The van der Waals surface area contributed by atoms with Gasteiger partial charge >= 0.3 is 6.03 Å². The predicted octanol–water partition coefficient (Wildman–Crippen LogP) is 3.98. The van der Waals surface area contributed by atoms with Crippen LogP contribution in [0.4, 0.5) is 4.79 Å². The second-order valence-electron chi connectivity index (χ2n) is 16.6. The number of pyridine rings is 1. The molecule has 58 heavy (non-hydrogen) atoms. The number of rotatable bonds is 18. The van der Waals surface area contributed by atoms with Gasteiger partial charge in [0.15, 0.2) is 0 Å². The number of amides is 5. The molecule has 15 nitrogen and oxygen atoms in total. The molecule has 3 N–H and O–H groups in total. The number of carbonyl (C=O) groups is 4. The number of carbonyl (C=O) groups excluding carboxylic acids is 4. The Hall–Kier alpha value is -4.44. The summed E-state index contributed by atoms with van der Waals surface area (Å²) in [4.78, 5) is 63.0. The number of nitrogens with zero attached hydrogens (tertiary/aromatic N) is 3. The molecular weight excluding hydrogens is 765 g/mol. The first kappa shape index (κ1) is 41.7. The molecule has 16 heteroatoms.